The van der Waals surface area contributed by atoms with Crippen molar-refractivity contribution in [2.45, 2.75) is 26.2 Å². The summed E-state index contributed by atoms with van der Waals surface area (Å²) in [7, 11) is 0. The highest BCUT2D eigenvalue weighted by Gasteiger charge is 2.19. The number of nitrogens with one attached hydrogen (secondary N) is 2. The molecule has 1 aromatic heterocycles. The second-order valence-electron chi connectivity index (χ2n) is 5.74. The molecule has 5 nitrogen and oxygen atoms in total. The molecule has 112 valence electrons. The summed E-state index contributed by atoms with van der Waals surface area (Å²) in [5.74, 6) is -0.275. The maximum Gasteiger partial charge on any atom is 0.246 e. The van der Waals surface area contributed by atoms with E-state index in [0.29, 0.717) is 11.6 Å². The van der Waals surface area contributed by atoms with E-state index >= 15 is 0 Å². The molecule has 1 aromatic carbocycles. The lowest BCUT2D eigenvalue weighted by molar-refractivity contribution is -0.114. The molecule has 6 heteroatoms. The first-order chi connectivity index (χ1) is 9.84. The third-order valence-corrected chi connectivity index (χ3v) is 2.84. The molecule has 0 spiro atoms. The molecular weight excluding hydrogens is 273 g/mol. The van der Waals surface area contributed by atoms with Crippen molar-refractivity contribution >= 4 is 17.5 Å². The lowest BCUT2D eigenvalue weighted by Gasteiger charge is -2.12. The lowest BCUT2D eigenvalue weighted by atomic mass is 9.92. The third kappa shape index (κ3) is 4.30. The number of rotatable bonds is 4. The van der Waals surface area contributed by atoms with E-state index in [-0.39, 0.29) is 23.7 Å². The molecular formula is C15H18FN3O2. The summed E-state index contributed by atoms with van der Waals surface area (Å²) in [6, 6.07) is 7.48. The topological polar surface area (TPSA) is 67.2 Å². The van der Waals surface area contributed by atoms with Crippen LogP contribution < -0.4 is 10.6 Å². The fourth-order valence-corrected chi connectivity index (χ4v) is 1.62. The fourth-order valence-electron chi connectivity index (χ4n) is 1.62. The first kappa shape index (κ1) is 15.0. The Morgan fingerprint density at radius 2 is 1.95 bits per heavy atom. The molecule has 0 saturated heterocycles. The molecule has 0 aliphatic heterocycles. The maximum atomic E-state index is 12.7. The van der Waals surface area contributed by atoms with Crippen LogP contribution in [0.25, 0.3) is 0 Å². The molecule has 0 bridgehead atoms. The van der Waals surface area contributed by atoms with Crippen LogP contribution in [0.3, 0.4) is 0 Å². The molecule has 21 heavy (non-hydrogen) atoms. The van der Waals surface area contributed by atoms with Crippen molar-refractivity contribution in [3.63, 3.8) is 0 Å². The van der Waals surface area contributed by atoms with Gasteiger partial charge in [-0.25, -0.2) is 4.39 Å². The molecule has 1 amide bonds. The standard InChI is InChI=1S/C15H18FN3O2/c1-15(2,3)12-8-14(21-19-12)18-13(20)9-17-11-6-4-10(16)5-7-11/h4-8,17H,9H2,1-3H3,(H,18,20). The van der Waals surface area contributed by atoms with E-state index < -0.39 is 0 Å². The zero-order valence-electron chi connectivity index (χ0n) is 12.2. The van der Waals surface area contributed by atoms with Gasteiger partial charge in [0.05, 0.1) is 12.2 Å². The van der Waals surface area contributed by atoms with Crippen LogP contribution in [-0.2, 0) is 10.2 Å². The van der Waals surface area contributed by atoms with Crippen molar-refractivity contribution in [3.8, 4) is 0 Å². The van der Waals surface area contributed by atoms with E-state index in [1.54, 1.807) is 18.2 Å². The van der Waals surface area contributed by atoms with Crippen LogP contribution >= 0.6 is 0 Å². The molecule has 0 aliphatic rings. The highest BCUT2D eigenvalue weighted by Crippen LogP contribution is 2.23. The zero-order valence-corrected chi connectivity index (χ0v) is 12.2. The largest absolute Gasteiger partial charge is 0.376 e. The van der Waals surface area contributed by atoms with Crippen molar-refractivity contribution in [2.24, 2.45) is 0 Å². The molecule has 0 aliphatic carbocycles. The average molecular weight is 291 g/mol. The van der Waals surface area contributed by atoms with Crippen LogP contribution in [0.5, 0.6) is 0 Å². The molecule has 2 aromatic rings. The molecule has 0 unspecified atom stereocenters. The Morgan fingerprint density at radius 3 is 2.52 bits per heavy atom. The number of hydrogen-bond donors (Lipinski definition) is 2. The number of aromatic nitrogens is 1. The molecule has 2 rings (SSSR count). The summed E-state index contributed by atoms with van der Waals surface area (Å²) in [5.41, 5.74) is 1.29. The molecule has 0 fully saturated rings. The van der Waals surface area contributed by atoms with Crippen LogP contribution in [0, 0.1) is 5.82 Å². The molecule has 2 N–H and O–H groups in total. The van der Waals surface area contributed by atoms with Gasteiger partial charge in [0, 0.05) is 17.2 Å². The summed E-state index contributed by atoms with van der Waals surface area (Å²) in [5, 5.41) is 9.42. The van der Waals surface area contributed by atoms with Crippen LogP contribution in [0.1, 0.15) is 26.5 Å². The van der Waals surface area contributed by atoms with Crippen LogP contribution in [0.15, 0.2) is 34.9 Å². The monoisotopic (exact) mass is 291 g/mol. The van der Waals surface area contributed by atoms with Crippen molar-refractivity contribution < 1.29 is 13.7 Å². The second-order valence-corrected chi connectivity index (χ2v) is 5.74. The number of amides is 1. The normalized spacial score (nSPS) is 11.2. The minimum Gasteiger partial charge on any atom is -0.376 e. The molecule has 0 radical (unpaired) electrons. The summed E-state index contributed by atoms with van der Waals surface area (Å²) in [4.78, 5) is 11.8. The van der Waals surface area contributed by atoms with E-state index in [1.807, 2.05) is 20.8 Å². The fraction of sp³-hybridized carbons (Fsp3) is 0.333. The Morgan fingerprint density at radius 1 is 1.29 bits per heavy atom. The molecule has 0 atom stereocenters. The maximum absolute atomic E-state index is 12.7. The van der Waals surface area contributed by atoms with Crippen molar-refractivity contribution in [3.05, 3.63) is 41.8 Å². The number of anilines is 2. The summed E-state index contributed by atoms with van der Waals surface area (Å²) in [6.07, 6.45) is 0. The number of carbonyl (C=O) groups is 1. The average Bonchev–Trinajstić information content (AvgIpc) is 2.86. The number of hydrogen-bond acceptors (Lipinski definition) is 4. The Balaban J connectivity index is 1.87. The SMILES string of the molecule is CC(C)(C)c1cc(NC(=O)CNc2ccc(F)cc2)on1. The van der Waals surface area contributed by atoms with E-state index in [0.717, 1.165) is 5.69 Å². The number of benzene rings is 1. The van der Waals surface area contributed by atoms with E-state index in [4.69, 9.17) is 4.52 Å². The van der Waals surface area contributed by atoms with Gasteiger partial charge in [0.15, 0.2) is 0 Å². The minimum atomic E-state index is -0.318. The second kappa shape index (κ2) is 5.95. The van der Waals surface area contributed by atoms with Gasteiger partial charge < -0.3 is 9.84 Å². The number of carbonyl (C=O) groups excluding carboxylic acids is 1. The molecule has 0 saturated carbocycles. The Bertz CT molecular complexity index is 615. The van der Waals surface area contributed by atoms with Crippen molar-refractivity contribution in [2.75, 3.05) is 17.2 Å². The lowest BCUT2D eigenvalue weighted by Crippen LogP contribution is -2.21. The van der Waals surface area contributed by atoms with Crippen LogP contribution in [-0.4, -0.2) is 17.6 Å². The van der Waals surface area contributed by atoms with Gasteiger partial charge in [0.25, 0.3) is 0 Å². The Hall–Kier alpha value is -2.37. The Kier molecular flexibility index (Phi) is 4.26. The van der Waals surface area contributed by atoms with E-state index in [9.17, 15) is 9.18 Å². The summed E-state index contributed by atoms with van der Waals surface area (Å²) < 4.78 is 17.8. The third-order valence-electron chi connectivity index (χ3n) is 2.84. The zero-order chi connectivity index (χ0) is 15.5. The van der Waals surface area contributed by atoms with Gasteiger partial charge in [-0.15, -0.1) is 0 Å². The van der Waals surface area contributed by atoms with Crippen molar-refractivity contribution in [1.82, 2.24) is 5.16 Å². The number of nitrogens with zero attached hydrogens (tertiary/aromatic N) is 1. The van der Waals surface area contributed by atoms with E-state index in [1.165, 1.54) is 12.1 Å². The van der Waals surface area contributed by atoms with Gasteiger partial charge in [0.1, 0.15) is 5.82 Å². The highest BCUT2D eigenvalue weighted by atomic mass is 19.1. The predicted molar refractivity (Wildman–Crippen MR) is 78.7 cm³/mol. The van der Waals surface area contributed by atoms with Gasteiger partial charge in [-0.3, -0.25) is 10.1 Å². The van der Waals surface area contributed by atoms with Crippen LogP contribution in [0.2, 0.25) is 0 Å². The smallest absolute Gasteiger partial charge is 0.246 e. The summed E-state index contributed by atoms with van der Waals surface area (Å²) in [6.45, 7) is 6.07. The Labute approximate surface area is 122 Å². The quantitative estimate of drug-likeness (QED) is 0.908. The van der Waals surface area contributed by atoms with E-state index in [2.05, 4.69) is 15.8 Å². The van der Waals surface area contributed by atoms with Gasteiger partial charge in [0.2, 0.25) is 11.8 Å². The number of halogens is 1. The van der Waals surface area contributed by atoms with Gasteiger partial charge in [-0.05, 0) is 24.3 Å². The van der Waals surface area contributed by atoms with Crippen molar-refractivity contribution in [1.29, 1.82) is 0 Å². The first-order valence-electron chi connectivity index (χ1n) is 6.61. The minimum absolute atomic E-state index is 0.0528. The molecule has 1 heterocycles. The predicted octanol–water partition coefficient (Wildman–Crippen LogP) is 3.16. The first-order valence-corrected chi connectivity index (χ1v) is 6.61. The summed E-state index contributed by atoms with van der Waals surface area (Å²) >= 11 is 0. The van der Waals surface area contributed by atoms with Crippen LogP contribution in [0.4, 0.5) is 16.0 Å². The highest BCUT2D eigenvalue weighted by molar-refractivity contribution is 5.92. The van der Waals surface area contributed by atoms with Gasteiger partial charge >= 0.3 is 0 Å². The van der Waals surface area contributed by atoms with Gasteiger partial charge in [-0.2, -0.15) is 0 Å². The van der Waals surface area contributed by atoms with Gasteiger partial charge in [-0.1, -0.05) is 25.9 Å².